The third kappa shape index (κ3) is 5.70. The van der Waals surface area contributed by atoms with Crippen molar-refractivity contribution in [2.24, 2.45) is 0 Å². The molecule has 8 heteroatoms. The van der Waals surface area contributed by atoms with E-state index in [-0.39, 0.29) is 18.4 Å². The van der Waals surface area contributed by atoms with Crippen molar-refractivity contribution >= 4 is 35.3 Å². The number of carbonyl (C=O) groups is 1. The van der Waals surface area contributed by atoms with Gasteiger partial charge in [-0.3, -0.25) is 14.3 Å². The topological polar surface area (TPSA) is 116 Å². The van der Waals surface area contributed by atoms with Gasteiger partial charge in [0.05, 0.1) is 29.1 Å². The largest absolute Gasteiger partial charge is 0.338 e. The Morgan fingerprint density at radius 1 is 0.919 bits per heavy atom. The fraction of sp³-hybridized carbons (Fsp3) is 0.207. The number of Topliss-reactive ketones (excluding diaryl/α,β-unsaturated/α-hetero) is 1. The van der Waals surface area contributed by atoms with Crippen LogP contribution in [0.1, 0.15) is 39.2 Å². The smallest absolute Gasteiger partial charge is 0.325 e. The van der Waals surface area contributed by atoms with Crippen molar-refractivity contribution in [1.82, 2.24) is 15.0 Å². The number of aromatic amines is 1. The van der Waals surface area contributed by atoms with Crippen molar-refractivity contribution in [3.8, 4) is 11.4 Å². The Morgan fingerprint density at radius 3 is 2.43 bits per heavy atom. The van der Waals surface area contributed by atoms with Crippen LogP contribution in [0.3, 0.4) is 0 Å². The van der Waals surface area contributed by atoms with Gasteiger partial charge in [0, 0.05) is 22.2 Å². The van der Waals surface area contributed by atoms with E-state index < -0.39 is 7.60 Å². The average molecular weight is 514 g/mol. The van der Waals surface area contributed by atoms with Crippen LogP contribution in [0.25, 0.3) is 33.3 Å². The van der Waals surface area contributed by atoms with E-state index in [9.17, 15) is 9.36 Å². The van der Waals surface area contributed by atoms with Crippen LogP contribution in [-0.2, 0) is 17.4 Å². The second-order valence-corrected chi connectivity index (χ2v) is 11.3. The first-order valence-corrected chi connectivity index (χ1v) is 14.0. The van der Waals surface area contributed by atoms with Crippen LogP contribution in [0.15, 0.2) is 66.7 Å². The molecule has 3 aromatic carbocycles. The highest BCUT2D eigenvalue weighted by atomic mass is 31.2. The first-order valence-electron chi connectivity index (χ1n) is 12.2. The lowest BCUT2D eigenvalue weighted by Gasteiger charge is -2.11. The van der Waals surface area contributed by atoms with Crippen molar-refractivity contribution in [2.45, 2.75) is 33.1 Å². The Morgan fingerprint density at radius 2 is 1.68 bits per heavy atom. The fourth-order valence-corrected chi connectivity index (χ4v) is 5.40. The number of ketones is 1. The van der Waals surface area contributed by atoms with E-state index in [4.69, 9.17) is 14.8 Å². The number of para-hydroxylation sites is 1. The molecule has 0 aliphatic heterocycles. The number of imidazole rings is 1. The molecule has 0 atom stereocenters. The van der Waals surface area contributed by atoms with Gasteiger partial charge in [0.15, 0.2) is 5.78 Å². The minimum Gasteiger partial charge on any atom is -0.338 e. The van der Waals surface area contributed by atoms with E-state index >= 15 is 0 Å². The van der Waals surface area contributed by atoms with Crippen LogP contribution in [0.5, 0.6) is 0 Å². The summed E-state index contributed by atoms with van der Waals surface area (Å²) in [5, 5.41) is 1.05. The molecular formula is C29H28N3O4P. The molecule has 0 saturated heterocycles. The van der Waals surface area contributed by atoms with Crippen molar-refractivity contribution < 1.29 is 19.1 Å². The molecule has 2 heterocycles. The van der Waals surface area contributed by atoms with Gasteiger partial charge >= 0.3 is 7.60 Å². The maximum Gasteiger partial charge on any atom is 0.325 e. The molecular weight excluding hydrogens is 485 g/mol. The molecule has 0 unspecified atom stereocenters. The van der Waals surface area contributed by atoms with Crippen LogP contribution in [0.4, 0.5) is 0 Å². The Bertz CT molecular complexity index is 1660. The zero-order chi connectivity index (χ0) is 26.2. The normalized spacial score (nSPS) is 11.9. The van der Waals surface area contributed by atoms with E-state index in [2.05, 4.69) is 9.97 Å². The number of fused-ring (bicyclic) bond motifs is 2. The van der Waals surface area contributed by atoms with E-state index in [0.717, 1.165) is 55.7 Å². The highest BCUT2D eigenvalue weighted by molar-refractivity contribution is 7.51. The lowest BCUT2D eigenvalue weighted by Crippen LogP contribution is -2.05. The number of nitrogens with one attached hydrogen (secondary N) is 1. The summed E-state index contributed by atoms with van der Waals surface area (Å²) >= 11 is 0. The zero-order valence-electron chi connectivity index (χ0n) is 20.7. The second-order valence-electron chi connectivity index (χ2n) is 9.51. The second kappa shape index (κ2) is 10.0. The Balaban J connectivity index is 1.37. The molecule has 0 saturated carbocycles. The van der Waals surface area contributed by atoms with Crippen molar-refractivity contribution in [3.05, 3.63) is 94.7 Å². The zero-order valence-corrected chi connectivity index (χ0v) is 21.6. The predicted molar refractivity (Wildman–Crippen MR) is 146 cm³/mol. The molecule has 5 rings (SSSR count). The highest BCUT2D eigenvalue weighted by Crippen LogP contribution is 2.36. The number of nitrogens with zero attached hydrogens (tertiary/aromatic N) is 2. The number of aryl methyl sites for hydroxylation is 3. The van der Waals surface area contributed by atoms with Gasteiger partial charge in [0.25, 0.3) is 0 Å². The molecule has 0 aliphatic rings. The number of pyridine rings is 1. The van der Waals surface area contributed by atoms with Crippen molar-refractivity contribution in [2.75, 3.05) is 6.16 Å². The lowest BCUT2D eigenvalue weighted by atomic mass is 9.97. The Kier molecular flexibility index (Phi) is 6.78. The van der Waals surface area contributed by atoms with Crippen LogP contribution < -0.4 is 0 Å². The van der Waals surface area contributed by atoms with Gasteiger partial charge in [-0.2, -0.15) is 0 Å². The molecule has 0 spiro atoms. The number of aromatic nitrogens is 3. The summed E-state index contributed by atoms with van der Waals surface area (Å²) in [6, 6.07) is 21.3. The molecule has 7 nitrogen and oxygen atoms in total. The van der Waals surface area contributed by atoms with E-state index in [1.807, 2.05) is 74.5 Å². The first kappa shape index (κ1) is 25.0. The van der Waals surface area contributed by atoms with Gasteiger partial charge in [0.2, 0.25) is 0 Å². The van der Waals surface area contributed by atoms with Crippen LogP contribution in [-0.4, -0.2) is 36.7 Å². The van der Waals surface area contributed by atoms with Gasteiger partial charge < -0.3 is 14.8 Å². The first-order chi connectivity index (χ1) is 17.7. The average Bonchev–Trinajstić information content (AvgIpc) is 3.25. The quantitative estimate of drug-likeness (QED) is 0.175. The van der Waals surface area contributed by atoms with E-state index in [1.54, 1.807) is 6.07 Å². The van der Waals surface area contributed by atoms with Crippen LogP contribution >= 0.6 is 7.60 Å². The molecule has 3 N–H and O–H groups in total. The lowest BCUT2D eigenvalue weighted by molar-refractivity contribution is 0.0992. The summed E-state index contributed by atoms with van der Waals surface area (Å²) in [5.41, 5.74) is 7.87. The number of rotatable bonds is 8. The maximum atomic E-state index is 13.0. The molecule has 188 valence electrons. The summed E-state index contributed by atoms with van der Waals surface area (Å²) in [7, 11) is -3.98. The predicted octanol–water partition coefficient (Wildman–Crippen LogP) is 5.93. The standard InChI is InChI=1S/C29H28N3O4P/c1-18-14-20(6-5-13-37(34,35)36)15-19(2)28(18)29-31-25-12-10-22(16-26(25)32-29)27(33)17-23-11-9-21-7-3-4-8-24(21)30-23/h3-4,7-12,14-16H,5-6,13,17H2,1-2H3,(H,31,32)(H2,34,35,36). The summed E-state index contributed by atoms with van der Waals surface area (Å²) in [4.78, 5) is 44.0. The molecule has 37 heavy (non-hydrogen) atoms. The van der Waals surface area contributed by atoms with E-state index in [0.29, 0.717) is 18.4 Å². The summed E-state index contributed by atoms with van der Waals surface area (Å²) in [6.07, 6.45) is 1.14. The minimum atomic E-state index is -3.98. The number of carbonyl (C=O) groups excluding carboxylic acids is 1. The molecule has 0 fully saturated rings. The molecule has 0 amide bonds. The molecule has 0 bridgehead atoms. The van der Waals surface area contributed by atoms with Gasteiger partial charge in [-0.25, -0.2) is 4.98 Å². The molecule has 0 radical (unpaired) electrons. The Labute approximate surface area is 214 Å². The number of H-pyrrole nitrogens is 1. The fourth-order valence-electron chi connectivity index (χ4n) is 4.83. The SMILES string of the molecule is Cc1cc(CCCP(=O)(O)O)cc(C)c1-c1nc2ccc(C(=O)Cc3ccc4ccccc4n3)cc2[nH]1. The van der Waals surface area contributed by atoms with Gasteiger partial charge in [0.1, 0.15) is 5.82 Å². The highest BCUT2D eigenvalue weighted by Gasteiger charge is 2.16. The minimum absolute atomic E-state index is 0.00662. The van der Waals surface area contributed by atoms with E-state index in [1.165, 1.54) is 0 Å². The van der Waals surface area contributed by atoms with Crippen LogP contribution in [0, 0.1) is 13.8 Å². The van der Waals surface area contributed by atoms with Gasteiger partial charge in [-0.15, -0.1) is 0 Å². The van der Waals surface area contributed by atoms with Crippen LogP contribution in [0.2, 0.25) is 0 Å². The number of hydrogen-bond donors (Lipinski definition) is 3. The monoisotopic (exact) mass is 513 g/mol. The summed E-state index contributed by atoms with van der Waals surface area (Å²) in [6.45, 7) is 4.01. The number of benzene rings is 3. The third-order valence-corrected chi connectivity index (χ3v) is 7.44. The molecule has 5 aromatic rings. The van der Waals surface area contributed by atoms with Gasteiger partial charge in [-0.1, -0.05) is 36.4 Å². The Hall–Kier alpha value is -3.64. The van der Waals surface area contributed by atoms with Crippen molar-refractivity contribution in [1.29, 1.82) is 0 Å². The van der Waals surface area contributed by atoms with Crippen molar-refractivity contribution in [3.63, 3.8) is 0 Å². The third-order valence-electron chi connectivity index (χ3n) is 6.55. The molecule has 0 aliphatic carbocycles. The maximum absolute atomic E-state index is 13.0. The molecule has 2 aromatic heterocycles. The summed E-state index contributed by atoms with van der Waals surface area (Å²) < 4.78 is 11.1. The van der Waals surface area contributed by atoms with Gasteiger partial charge in [-0.05, 0) is 73.7 Å². The number of hydrogen-bond acceptors (Lipinski definition) is 4. The summed E-state index contributed by atoms with van der Waals surface area (Å²) in [5.74, 6) is 0.723.